The molecule has 1 aliphatic rings. The average molecular weight is 169 g/mol. The third-order valence-corrected chi connectivity index (χ3v) is 1.44. The Morgan fingerprint density at radius 1 is 1.67 bits per heavy atom. The summed E-state index contributed by atoms with van der Waals surface area (Å²) in [6.07, 6.45) is 0. The standard InChI is InChI=1S/C7H11N3O2/c1-4(8)5-6(9)12-3-2-10-7(5)11/h1-3,8-9H2,(H,10,11). The Morgan fingerprint density at radius 3 is 2.92 bits per heavy atom. The fourth-order valence-corrected chi connectivity index (χ4v) is 0.902. The molecule has 0 bridgehead atoms. The van der Waals surface area contributed by atoms with E-state index >= 15 is 0 Å². The van der Waals surface area contributed by atoms with Gasteiger partial charge in [0.25, 0.3) is 5.91 Å². The summed E-state index contributed by atoms with van der Waals surface area (Å²) >= 11 is 0. The zero-order valence-electron chi connectivity index (χ0n) is 6.59. The first-order valence-electron chi connectivity index (χ1n) is 3.48. The first-order valence-corrected chi connectivity index (χ1v) is 3.48. The van der Waals surface area contributed by atoms with E-state index in [4.69, 9.17) is 16.2 Å². The maximum absolute atomic E-state index is 11.2. The predicted octanol–water partition coefficient (Wildman–Crippen LogP) is -1.22. The minimum absolute atomic E-state index is 0.0394. The predicted molar refractivity (Wildman–Crippen MR) is 43.5 cm³/mol. The van der Waals surface area contributed by atoms with Crippen molar-refractivity contribution in [3.8, 4) is 0 Å². The largest absolute Gasteiger partial charge is 0.477 e. The van der Waals surface area contributed by atoms with Crippen LogP contribution in [0.1, 0.15) is 0 Å². The molecule has 0 saturated carbocycles. The molecule has 1 amide bonds. The lowest BCUT2D eigenvalue weighted by Crippen LogP contribution is -2.28. The van der Waals surface area contributed by atoms with Crippen molar-refractivity contribution in [3.05, 3.63) is 23.7 Å². The number of nitrogens with one attached hydrogen (secondary N) is 1. The van der Waals surface area contributed by atoms with Crippen LogP contribution in [0.3, 0.4) is 0 Å². The van der Waals surface area contributed by atoms with E-state index in [1.807, 2.05) is 0 Å². The molecular formula is C7H11N3O2. The van der Waals surface area contributed by atoms with E-state index in [1.165, 1.54) is 0 Å². The van der Waals surface area contributed by atoms with E-state index in [0.717, 1.165) is 0 Å². The summed E-state index contributed by atoms with van der Waals surface area (Å²) < 4.78 is 4.98. The van der Waals surface area contributed by atoms with Crippen LogP contribution in [0.2, 0.25) is 0 Å². The first kappa shape index (κ1) is 8.45. The zero-order valence-corrected chi connectivity index (χ0v) is 6.59. The number of rotatable bonds is 1. The van der Waals surface area contributed by atoms with Crippen LogP contribution in [0.5, 0.6) is 0 Å². The number of hydrogen-bond acceptors (Lipinski definition) is 4. The number of carbonyl (C=O) groups excluding carboxylic acids is 1. The molecule has 5 nitrogen and oxygen atoms in total. The van der Waals surface area contributed by atoms with Crippen LogP contribution in [0.25, 0.3) is 0 Å². The Bertz CT molecular complexity index is 257. The topological polar surface area (TPSA) is 90.4 Å². The van der Waals surface area contributed by atoms with Gasteiger partial charge in [-0.3, -0.25) is 4.79 Å². The van der Waals surface area contributed by atoms with Crippen molar-refractivity contribution in [3.63, 3.8) is 0 Å². The van der Waals surface area contributed by atoms with Gasteiger partial charge in [0.05, 0.1) is 6.54 Å². The van der Waals surface area contributed by atoms with Crippen LogP contribution in [0, 0.1) is 0 Å². The van der Waals surface area contributed by atoms with Crippen LogP contribution in [-0.2, 0) is 9.53 Å². The molecule has 0 unspecified atom stereocenters. The molecule has 0 spiro atoms. The van der Waals surface area contributed by atoms with Gasteiger partial charge in [0.1, 0.15) is 12.2 Å². The summed E-state index contributed by atoms with van der Waals surface area (Å²) in [6, 6.07) is 0. The molecule has 0 saturated heterocycles. The molecule has 0 radical (unpaired) electrons. The summed E-state index contributed by atoms with van der Waals surface area (Å²) in [7, 11) is 0. The van der Waals surface area contributed by atoms with Crippen molar-refractivity contribution in [1.29, 1.82) is 0 Å². The molecule has 1 aliphatic heterocycles. The molecule has 1 rings (SSSR count). The fourth-order valence-electron chi connectivity index (χ4n) is 0.902. The lowest BCUT2D eigenvalue weighted by molar-refractivity contribution is -0.117. The molecular weight excluding hydrogens is 158 g/mol. The van der Waals surface area contributed by atoms with Gasteiger partial charge in [-0.25, -0.2) is 0 Å². The van der Waals surface area contributed by atoms with Crippen molar-refractivity contribution >= 4 is 5.91 Å². The van der Waals surface area contributed by atoms with Gasteiger partial charge in [-0.15, -0.1) is 0 Å². The van der Waals surface area contributed by atoms with Gasteiger partial charge < -0.3 is 21.5 Å². The highest BCUT2D eigenvalue weighted by atomic mass is 16.5. The molecule has 0 aliphatic carbocycles. The van der Waals surface area contributed by atoms with Crippen LogP contribution in [0.4, 0.5) is 0 Å². The fraction of sp³-hybridized carbons (Fsp3) is 0.286. The highest BCUT2D eigenvalue weighted by Crippen LogP contribution is 2.08. The second kappa shape index (κ2) is 3.17. The monoisotopic (exact) mass is 169 g/mol. The highest BCUT2D eigenvalue weighted by Gasteiger charge is 2.18. The minimum Gasteiger partial charge on any atom is -0.477 e. The lowest BCUT2D eigenvalue weighted by atomic mass is 10.2. The highest BCUT2D eigenvalue weighted by molar-refractivity contribution is 5.97. The Morgan fingerprint density at radius 2 is 2.33 bits per heavy atom. The Labute approximate surface area is 70.0 Å². The van der Waals surface area contributed by atoms with Gasteiger partial charge in [0.15, 0.2) is 5.88 Å². The lowest BCUT2D eigenvalue weighted by Gasteiger charge is -2.05. The van der Waals surface area contributed by atoms with Crippen molar-refractivity contribution < 1.29 is 9.53 Å². The van der Waals surface area contributed by atoms with Crippen molar-refractivity contribution in [2.45, 2.75) is 0 Å². The molecule has 0 fully saturated rings. The molecule has 1 heterocycles. The molecule has 5 heteroatoms. The van der Waals surface area contributed by atoms with E-state index in [0.29, 0.717) is 13.2 Å². The van der Waals surface area contributed by atoms with Crippen LogP contribution in [0.15, 0.2) is 23.7 Å². The first-order chi connectivity index (χ1) is 5.63. The summed E-state index contributed by atoms with van der Waals surface area (Å²) in [5, 5.41) is 2.56. The van der Waals surface area contributed by atoms with E-state index < -0.39 is 0 Å². The van der Waals surface area contributed by atoms with Gasteiger partial charge >= 0.3 is 0 Å². The third-order valence-electron chi connectivity index (χ3n) is 1.44. The summed E-state index contributed by atoms with van der Waals surface area (Å²) in [6.45, 7) is 4.20. The molecule has 0 aromatic rings. The Kier molecular flexibility index (Phi) is 2.23. The van der Waals surface area contributed by atoms with Crippen molar-refractivity contribution in [2.75, 3.05) is 13.2 Å². The van der Waals surface area contributed by atoms with Gasteiger partial charge in [0, 0.05) is 5.70 Å². The maximum Gasteiger partial charge on any atom is 0.258 e. The number of hydrogen-bond donors (Lipinski definition) is 3. The Balaban J connectivity index is 2.99. The van der Waals surface area contributed by atoms with E-state index in [2.05, 4.69) is 11.9 Å². The Hall–Kier alpha value is -1.65. The molecule has 0 atom stereocenters. The van der Waals surface area contributed by atoms with Gasteiger partial charge in [-0.2, -0.15) is 0 Å². The van der Waals surface area contributed by atoms with E-state index in [-0.39, 0.29) is 23.1 Å². The quantitative estimate of drug-likeness (QED) is 0.458. The number of ether oxygens (including phenoxy) is 1. The maximum atomic E-state index is 11.2. The van der Waals surface area contributed by atoms with Crippen molar-refractivity contribution in [1.82, 2.24) is 5.32 Å². The second-order valence-corrected chi connectivity index (χ2v) is 2.37. The van der Waals surface area contributed by atoms with Crippen LogP contribution < -0.4 is 16.8 Å². The van der Waals surface area contributed by atoms with E-state index in [9.17, 15) is 4.79 Å². The van der Waals surface area contributed by atoms with Crippen LogP contribution in [-0.4, -0.2) is 19.1 Å². The number of nitrogens with two attached hydrogens (primary N) is 2. The van der Waals surface area contributed by atoms with Gasteiger partial charge in [0.2, 0.25) is 0 Å². The summed E-state index contributed by atoms with van der Waals surface area (Å²) in [5.74, 6) is -0.296. The van der Waals surface area contributed by atoms with Crippen LogP contribution >= 0.6 is 0 Å². The normalized spacial score (nSPS) is 17.8. The second-order valence-electron chi connectivity index (χ2n) is 2.37. The van der Waals surface area contributed by atoms with Gasteiger partial charge in [-0.05, 0) is 0 Å². The van der Waals surface area contributed by atoms with Crippen molar-refractivity contribution in [2.24, 2.45) is 11.5 Å². The molecule has 66 valence electrons. The van der Waals surface area contributed by atoms with E-state index in [1.54, 1.807) is 0 Å². The third kappa shape index (κ3) is 1.50. The van der Waals surface area contributed by atoms with Gasteiger partial charge in [-0.1, -0.05) is 6.58 Å². The number of amides is 1. The summed E-state index contributed by atoms with van der Waals surface area (Å²) in [5.41, 5.74) is 11.0. The average Bonchev–Trinajstić information content (AvgIpc) is 2.11. The number of carbonyl (C=O) groups is 1. The zero-order chi connectivity index (χ0) is 9.14. The molecule has 5 N–H and O–H groups in total. The summed E-state index contributed by atoms with van der Waals surface area (Å²) in [4.78, 5) is 11.2. The SMILES string of the molecule is C=C(N)C1=C(N)OCCNC1=O. The minimum atomic E-state index is -0.336. The molecule has 0 aromatic heterocycles. The molecule has 0 aromatic carbocycles. The molecule has 12 heavy (non-hydrogen) atoms. The smallest absolute Gasteiger partial charge is 0.258 e.